The highest BCUT2D eigenvalue weighted by Crippen LogP contribution is 2.27. The molecule has 0 aliphatic carbocycles. The third-order valence-corrected chi connectivity index (χ3v) is 4.66. The van der Waals surface area contributed by atoms with Crippen LogP contribution in [0.15, 0.2) is 35.5 Å². The van der Waals surface area contributed by atoms with Crippen LogP contribution in [0.5, 0.6) is 5.75 Å². The number of hydrogen-bond acceptors (Lipinski definition) is 4. The van der Waals surface area contributed by atoms with Gasteiger partial charge in [-0.15, -0.1) is 0 Å². The van der Waals surface area contributed by atoms with Crippen LogP contribution < -0.4 is 4.74 Å². The van der Waals surface area contributed by atoms with Crippen molar-refractivity contribution in [3.05, 3.63) is 42.0 Å². The predicted molar refractivity (Wildman–Crippen MR) is 76.5 cm³/mol. The number of rotatable bonds is 5. The number of aryl methyl sites for hydroxylation is 2. The van der Waals surface area contributed by atoms with E-state index in [0.29, 0.717) is 24.6 Å². The lowest BCUT2D eigenvalue weighted by molar-refractivity contribution is 0.331. The first-order valence-electron chi connectivity index (χ1n) is 6.52. The smallest absolute Gasteiger partial charge is 0.272 e. The Hall–Kier alpha value is -1.82. The molecule has 0 amide bonds. The van der Waals surface area contributed by atoms with Crippen LogP contribution in [-0.4, -0.2) is 24.0 Å². The normalized spacial score (nSPS) is 11.6. The van der Waals surface area contributed by atoms with E-state index in [4.69, 9.17) is 4.74 Å². The maximum absolute atomic E-state index is 12.8. The van der Waals surface area contributed by atoms with Gasteiger partial charge in [0.25, 0.3) is 10.0 Å². The van der Waals surface area contributed by atoms with Gasteiger partial charge in [0.2, 0.25) is 0 Å². The average Bonchev–Trinajstić information content (AvgIpc) is 2.90. The first-order chi connectivity index (χ1) is 9.50. The van der Waals surface area contributed by atoms with Crippen LogP contribution in [0.25, 0.3) is 0 Å². The number of hydrogen-bond donors (Lipinski definition) is 0. The fourth-order valence-electron chi connectivity index (χ4n) is 1.99. The highest BCUT2D eigenvalue weighted by molar-refractivity contribution is 7.90. The van der Waals surface area contributed by atoms with Crippen molar-refractivity contribution in [1.29, 1.82) is 0 Å². The Morgan fingerprint density at radius 3 is 2.70 bits per heavy atom. The van der Waals surface area contributed by atoms with E-state index in [9.17, 15) is 8.42 Å². The number of benzene rings is 1. The molecule has 0 unspecified atom stereocenters. The Labute approximate surface area is 119 Å². The van der Waals surface area contributed by atoms with Gasteiger partial charge in [-0.05, 0) is 31.5 Å². The van der Waals surface area contributed by atoms with Gasteiger partial charge >= 0.3 is 0 Å². The Kier molecular flexibility index (Phi) is 4.13. The minimum absolute atomic E-state index is 0.173. The third-order valence-electron chi connectivity index (χ3n) is 2.93. The minimum Gasteiger partial charge on any atom is -0.492 e. The van der Waals surface area contributed by atoms with E-state index in [1.54, 1.807) is 12.1 Å². The average molecular weight is 294 g/mol. The van der Waals surface area contributed by atoms with E-state index in [2.05, 4.69) is 4.98 Å². The zero-order chi connectivity index (χ0) is 14.8. The van der Waals surface area contributed by atoms with Crippen LogP contribution in [0.4, 0.5) is 0 Å². The lowest BCUT2D eigenvalue weighted by Gasteiger charge is -2.13. The van der Waals surface area contributed by atoms with Crippen LogP contribution in [0.2, 0.25) is 0 Å². The molecule has 0 bridgehead atoms. The molecular formula is C14H18N2O3S. The Morgan fingerprint density at radius 1 is 1.30 bits per heavy atom. The summed E-state index contributed by atoms with van der Waals surface area (Å²) in [5.41, 5.74) is 0.866. The van der Waals surface area contributed by atoms with Crippen molar-refractivity contribution in [2.75, 3.05) is 6.61 Å². The molecule has 0 saturated carbocycles. The summed E-state index contributed by atoms with van der Waals surface area (Å²) < 4.78 is 32.2. The van der Waals surface area contributed by atoms with E-state index in [0.717, 1.165) is 5.56 Å². The third kappa shape index (κ3) is 2.56. The van der Waals surface area contributed by atoms with E-state index in [1.807, 2.05) is 26.8 Å². The molecule has 0 N–H and O–H groups in total. The molecule has 0 aliphatic heterocycles. The molecule has 2 aromatic rings. The topological polar surface area (TPSA) is 61.2 Å². The molecule has 2 rings (SSSR count). The summed E-state index contributed by atoms with van der Waals surface area (Å²) in [6.45, 7) is 5.96. The molecule has 0 radical (unpaired) electrons. The summed E-state index contributed by atoms with van der Waals surface area (Å²) in [4.78, 5) is 4.24. The Balaban J connectivity index is 2.62. The second kappa shape index (κ2) is 5.66. The summed E-state index contributed by atoms with van der Waals surface area (Å²) >= 11 is 0. The molecule has 0 fully saturated rings. The quantitative estimate of drug-likeness (QED) is 0.849. The summed E-state index contributed by atoms with van der Waals surface area (Å²) in [5, 5.41) is 0. The second-order valence-electron chi connectivity index (χ2n) is 4.38. The molecule has 20 heavy (non-hydrogen) atoms. The largest absolute Gasteiger partial charge is 0.492 e. The van der Waals surface area contributed by atoms with Crippen LogP contribution in [0, 0.1) is 6.92 Å². The van der Waals surface area contributed by atoms with Gasteiger partial charge in [-0.1, -0.05) is 13.0 Å². The van der Waals surface area contributed by atoms with Crippen molar-refractivity contribution in [1.82, 2.24) is 8.96 Å². The van der Waals surface area contributed by atoms with Crippen molar-refractivity contribution >= 4 is 10.0 Å². The first-order valence-corrected chi connectivity index (χ1v) is 7.96. The van der Waals surface area contributed by atoms with Gasteiger partial charge in [0, 0.05) is 18.8 Å². The summed E-state index contributed by atoms with van der Waals surface area (Å²) in [5.74, 6) is 0.878. The summed E-state index contributed by atoms with van der Waals surface area (Å²) in [6, 6.07) is 5.15. The molecule has 0 spiro atoms. The van der Waals surface area contributed by atoms with Crippen molar-refractivity contribution < 1.29 is 13.2 Å². The molecule has 1 aromatic heterocycles. The van der Waals surface area contributed by atoms with Crippen LogP contribution >= 0.6 is 0 Å². The fraction of sp³-hybridized carbons (Fsp3) is 0.357. The van der Waals surface area contributed by atoms with Gasteiger partial charge in [0.15, 0.2) is 0 Å². The van der Waals surface area contributed by atoms with Gasteiger partial charge in [-0.25, -0.2) is 17.4 Å². The van der Waals surface area contributed by atoms with Crippen molar-refractivity contribution in [3.8, 4) is 5.75 Å². The molecule has 1 heterocycles. The molecule has 5 nitrogen and oxygen atoms in total. The van der Waals surface area contributed by atoms with E-state index in [-0.39, 0.29) is 4.90 Å². The highest BCUT2D eigenvalue weighted by atomic mass is 32.2. The molecule has 6 heteroatoms. The Bertz CT molecular complexity index is 705. The molecule has 0 aliphatic rings. The molecule has 1 aromatic carbocycles. The number of ether oxygens (including phenoxy) is 1. The van der Waals surface area contributed by atoms with Crippen LogP contribution in [0.1, 0.15) is 25.2 Å². The molecular weight excluding hydrogens is 276 g/mol. The second-order valence-corrected chi connectivity index (χ2v) is 6.16. The molecule has 0 atom stereocenters. The van der Waals surface area contributed by atoms with Gasteiger partial charge in [-0.2, -0.15) is 0 Å². The van der Waals surface area contributed by atoms with E-state index in [1.165, 1.54) is 16.4 Å². The van der Waals surface area contributed by atoms with Gasteiger partial charge in [0.05, 0.1) is 6.61 Å². The predicted octanol–water partition coefficient (Wildman–Crippen LogP) is 2.39. The van der Waals surface area contributed by atoms with Gasteiger partial charge in [0.1, 0.15) is 16.5 Å². The number of nitrogens with zero attached hydrogens (tertiary/aromatic N) is 2. The minimum atomic E-state index is -3.68. The Morgan fingerprint density at radius 2 is 2.05 bits per heavy atom. The van der Waals surface area contributed by atoms with Crippen LogP contribution in [0.3, 0.4) is 0 Å². The fourth-order valence-corrected chi connectivity index (χ4v) is 3.58. The first kappa shape index (κ1) is 14.6. The monoisotopic (exact) mass is 294 g/mol. The van der Waals surface area contributed by atoms with Crippen molar-refractivity contribution in [2.45, 2.75) is 32.1 Å². The maximum Gasteiger partial charge on any atom is 0.272 e. The number of aromatic nitrogens is 2. The lowest BCUT2D eigenvalue weighted by atomic mass is 10.2. The zero-order valence-electron chi connectivity index (χ0n) is 11.8. The zero-order valence-corrected chi connectivity index (χ0v) is 12.6. The standard InChI is InChI=1S/C14H18N2O3S/c1-4-14-15-8-9-16(14)20(17,18)13-10-11(3)6-7-12(13)19-5-2/h6-10H,4-5H2,1-3H3. The SMILES string of the molecule is CCOc1ccc(C)cc1S(=O)(=O)n1ccnc1CC. The van der Waals surface area contributed by atoms with Crippen molar-refractivity contribution in [2.24, 2.45) is 0 Å². The molecule has 0 saturated heterocycles. The van der Waals surface area contributed by atoms with Crippen LogP contribution in [-0.2, 0) is 16.4 Å². The lowest BCUT2D eigenvalue weighted by Crippen LogP contribution is -2.16. The number of imidazole rings is 1. The maximum atomic E-state index is 12.8. The summed E-state index contributed by atoms with van der Waals surface area (Å²) in [6.07, 6.45) is 3.50. The van der Waals surface area contributed by atoms with Gasteiger partial charge in [-0.3, -0.25) is 0 Å². The van der Waals surface area contributed by atoms with E-state index >= 15 is 0 Å². The summed E-state index contributed by atoms with van der Waals surface area (Å²) in [7, 11) is -3.68. The highest BCUT2D eigenvalue weighted by Gasteiger charge is 2.24. The molecule has 108 valence electrons. The van der Waals surface area contributed by atoms with E-state index < -0.39 is 10.0 Å². The van der Waals surface area contributed by atoms with Crippen molar-refractivity contribution in [3.63, 3.8) is 0 Å². The van der Waals surface area contributed by atoms with Gasteiger partial charge < -0.3 is 4.74 Å².